The van der Waals surface area contributed by atoms with Crippen molar-refractivity contribution in [1.29, 1.82) is 0 Å². The molecule has 0 N–H and O–H groups in total. The third-order valence-electron chi connectivity index (χ3n) is 3.31. The SMILES string of the molecule is CCC1C(C)CCC[C@H]1C(F)(F)F. The number of rotatable bonds is 1. The molecule has 0 amide bonds. The molecule has 3 heteroatoms. The van der Waals surface area contributed by atoms with Crippen molar-refractivity contribution >= 4 is 0 Å². The summed E-state index contributed by atoms with van der Waals surface area (Å²) in [6.45, 7) is 3.82. The van der Waals surface area contributed by atoms with Crippen molar-refractivity contribution in [2.24, 2.45) is 17.8 Å². The third kappa shape index (κ3) is 2.38. The average Bonchev–Trinajstić information content (AvgIpc) is 2.02. The summed E-state index contributed by atoms with van der Waals surface area (Å²) in [5.41, 5.74) is 0. The first-order chi connectivity index (χ1) is 5.96. The topological polar surface area (TPSA) is 0 Å². The van der Waals surface area contributed by atoms with Crippen molar-refractivity contribution in [3.8, 4) is 0 Å². The van der Waals surface area contributed by atoms with E-state index in [2.05, 4.69) is 0 Å². The average molecular weight is 194 g/mol. The maximum atomic E-state index is 12.6. The maximum Gasteiger partial charge on any atom is 0.392 e. The van der Waals surface area contributed by atoms with E-state index in [9.17, 15) is 13.2 Å². The highest BCUT2D eigenvalue weighted by Crippen LogP contribution is 2.45. The predicted molar refractivity (Wildman–Crippen MR) is 46.3 cm³/mol. The first kappa shape index (κ1) is 10.9. The molecule has 0 aliphatic heterocycles. The van der Waals surface area contributed by atoms with Gasteiger partial charge in [-0.1, -0.05) is 33.1 Å². The molecule has 0 radical (unpaired) electrons. The maximum absolute atomic E-state index is 12.6. The van der Waals surface area contributed by atoms with Gasteiger partial charge in [0.2, 0.25) is 0 Å². The summed E-state index contributed by atoms with van der Waals surface area (Å²) in [6, 6.07) is 0. The van der Waals surface area contributed by atoms with Crippen LogP contribution < -0.4 is 0 Å². The minimum Gasteiger partial charge on any atom is -0.171 e. The lowest BCUT2D eigenvalue weighted by molar-refractivity contribution is -0.202. The Morgan fingerprint density at radius 2 is 1.85 bits per heavy atom. The Hall–Kier alpha value is -0.210. The molecule has 0 bridgehead atoms. The molecule has 0 aromatic rings. The number of hydrogen-bond donors (Lipinski definition) is 0. The first-order valence-corrected chi connectivity index (χ1v) is 5.03. The molecule has 0 heterocycles. The summed E-state index contributed by atoms with van der Waals surface area (Å²) in [7, 11) is 0. The van der Waals surface area contributed by atoms with Gasteiger partial charge in [0, 0.05) is 0 Å². The quantitative estimate of drug-likeness (QED) is 0.591. The molecular formula is C10H17F3. The van der Waals surface area contributed by atoms with Crippen LogP contribution in [0.5, 0.6) is 0 Å². The van der Waals surface area contributed by atoms with Crippen molar-refractivity contribution in [3.63, 3.8) is 0 Å². The lowest BCUT2D eigenvalue weighted by atomic mass is 9.71. The summed E-state index contributed by atoms with van der Waals surface area (Å²) in [5, 5.41) is 0. The number of hydrogen-bond acceptors (Lipinski definition) is 0. The van der Waals surface area contributed by atoms with Crippen molar-refractivity contribution in [3.05, 3.63) is 0 Å². The van der Waals surface area contributed by atoms with E-state index in [4.69, 9.17) is 0 Å². The first-order valence-electron chi connectivity index (χ1n) is 5.03. The second kappa shape index (κ2) is 3.89. The van der Waals surface area contributed by atoms with Crippen LogP contribution in [0, 0.1) is 17.8 Å². The summed E-state index contributed by atoms with van der Waals surface area (Å²) in [5.74, 6) is -0.944. The molecule has 0 nitrogen and oxygen atoms in total. The van der Waals surface area contributed by atoms with E-state index < -0.39 is 12.1 Å². The predicted octanol–water partition coefficient (Wildman–Crippen LogP) is 4.01. The van der Waals surface area contributed by atoms with Crippen molar-refractivity contribution in [2.75, 3.05) is 0 Å². The molecule has 0 saturated heterocycles. The van der Waals surface area contributed by atoms with Gasteiger partial charge < -0.3 is 0 Å². The minimum absolute atomic E-state index is 0.145. The summed E-state index contributed by atoms with van der Waals surface area (Å²) in [6.07, 6.45) is -1.28. The van der Waals surface area contributed by atoms with E-state index in [1.807, 2.05) is 13.8 Å². The van der Waals surface area contributed by atoms with Gasteiger partial charge in [-0.25, -0.2) is 0 Å². The van der Waals surface area contributed by atoms with Crippen LogP contribution in [0.1, 0.15) is 39.5 Å². The molecule has 3 atom stereocenters. The molecule has 13 heavy (non-hydrogen) atoms. The van der Waals surface area contributed by atoms with E-state index >= 15 is 0 Å². The van der Waals surface area contributed by atoms with Gasteiger partial charge in [-0.2, -0.15) is 13.2 Å². The fourth-order valence-electron chi connectivity index (χ4n) is 2.58. The molecule has 0 spiro atoms. The van der Waals surface area contributed by atoms with Gasteiger partial charge in [-0.15, -0.1) is 0 Å². The zero-order valence-electron chi connectivity index (χ0n) is 8.19. The van der Waals surface area contributed by atoms with E-state index in [-0.39, 0.29) is 11.8 Å². The van der Waals surface area contributed by atoms with Crippen LogP contribution in [-0.2, 0) is 0 Å². The Morgan fingerprint density at radius 1 is 1.23 bits per heavy atom. The molecule has 1 rings (SSSR count). The van der Waals surface area contributed by atoms with Crippen LogP contribution in [0.15, 0.2) is 0 Å². The van der Waals surface area contributed by atoms with Crippen LogP contribution in [0.25, 0.3) is 0 Å². The Balaban J connectivity index is 2.70. The van der Waals surface area contributed by atoms with Gasteiger partial charge in [-0.3, -0.25) is 0 Å². The van der Waals surface area contributed by atoms with Gasteiger partial charge in [0.1, 0.15) is 0 Å². The van der Waals surface area contributed by atoms with E-state index in [1.165, 1.54) is 0 Å². The molecule has 2 unspecified atom stereocenters. The monoisotopic (exact) mass is 194 g/mol. The summed E-state index contributed by atoms with van der Waals surface area (Å²) in [4.78, 5) is 0. The van der Waals surface area contributed by atoms with Crippen molar-refractivity contribution < 1.29 is 13.2 Å². The Morgan fingerprint density at radius 3 is 2.23 bits per heavy atom. The van der Waals surface area contributed by atoms with E-state index in [1.54, 1.807) is 0 Å². The Kier molecular flexibility index (Phi) is 3.25. The van der Waals surface area contributed by atoms with Crippen LogP contribution in [0.2, 0.25) is 0 Å². The molecule has 1 fully saturated rings. The van der Waals surface area contributed by atoms with Gasteiger partial charge >= 0.3 is 6.18 Å². The van der Waals surface area contributed by atoms with Crippen LogP contribution in [-0.4, -0.2) is 6.18 Å². The smallest absolute Gasteiger partial charge is 0.171 e. The lowest BCUT2D eigenvalue weighted by Crippen LogP contribution is -2.36. The Bertz CT molecular complexity index is 162. The van der Waals surface area contributed by atoms with Crippen molar-refractivity contribution in [1.82, 2.24) is 0 Å². The number of halogens is 3. The highest BCUT2D eigenvalue weighted by Gasteiger charge is 2.46. The number of alkyl halides is 3. The van der Waals surface area contributed by atoms with Crippen molar-refractivity contribution in [2.45, 2.75) is 45.7 Å². The molecule has 78 valence electrons. The zero-order chi connectivity index (χ0) is 10.1. The van der Waals surface area contributed by atoms with Gasteiger partial charge in [0.15, 0.2) is 0 Å². The van der Waals surface area contributed by atoms with E-state index in [0.29, 0.717) is 12.8 Å². The van der Waals surface area contributed by atoms with E-state index in [0.717, 1.165) is 12.8 Å². The van der Waals surface area contributed by atoms with Crippen LogP contribution >= 0.6 is 0 Å². The van der Waals surface area contributed by atoms with Crippen LogP contribution in [0.4, 0.5) is 13.2 Å². The molecule has 0 aromatic carbocycles. The zero-order valence-corrected chi connectivity index (χ0v) is 8.19. The molecular weight excluding hydrogens is 177 g/mol. The largest absolute Gasteiger partial charge is 0.392 e. The normalized spacial score (nSPS) is 36.2. The summed E-state index contributed by atoms with van der Waals surface area (Å²) >= 11 is 0. The molecule has 1 aliphatic rings. The van der Waals surface area contributed by atoms with Gasteiger partial charge in [0.25, 0.3) is 0 Å². The lowest BCUT2D eigenvalue weighted by Gasteiger charge is -2.37. The highest BCUT2D eigenvalue weighted by atomic mass is 19.4. The second-order valence-electron chi connectivity index (χ2n) is 4.13. The minimum atomic E-state index is -3.98. The molecule has 1 aliphatic carbocycles. The van der Waals surface area contributed by atoms with Crippen LogP contribution in [0.3, 0.4) is 0 Å². The fourth-order valence-corrected chi connectivity index (χ4v) is 2.58. The van der Waals surface area contributed by atoms with Gasteiger partial charge in [-0.05, 0) is 18.3 Å². The third-order valence-corrected chi connectivity index (χ3v) is 3.31. The Labute approximate surface area is 77.5 Å². The molecule has 1 saturated carbocycles. The molecule has 0 aromatic heterocycles. The highest BCUT2D eigenvalue weighted by molar-refractivity contribution is 4.83. The fraction of sp³-hybridized carbons (Fsp3) is 1.00. The second-order valence-corrected chi connectivity index (χ2v) is 4.13. The van der Waals surface area contributed by atoms with Gasteiger partial charge in [0.05, 0.1) is 5.92 Å². The summed E-state index contributed by atoms with van der Waals surface area (Å²) < 4.78 is 37.7. The standard InChI is InChI=1S/C10H17F3/c1-3-8-7(2)5-4-6-9(8)10(11,12)13/h7-9H,3-6H2,1-2H3/t7?,8?,9-/m1/s1.